The van der Waals surface area contributed by atoms with E-state index in [1.807, 2.05) is 11.1 Å². The molecule has 1 spiro atoms. The maximum absolute atomic E-state index is 2.84. The zero-order valence-corrected chi connectivity index (χ0v) is 20.8. The highest BCUT2D eigenvalue weighted by molar-refractivity contribution is 5.73. The average Bonchev–Trinajstić information content (AvgIpc) is 2.79. The van der Waals surface area contributed by atoms with E-state index in [0.29, 0.717) is 0 Å². The van der Waals surface area contributed by atoms with Gasteiger partial charge in [0.1, 0.15) is 0 Å². The number of hydrogen-bond acceptors (Lipinski definition) is 0. The Morgan fingerprint density at radius 2 is 1.39 bits per heavy atom. The van der Waals surface area contributed by atoms with Gasteiger partial charge in [-0.15, -0.1) is 0 Å². The van der Waals surface area contributed by atoms with Gasteiger partial charge in [0, 0.05) is 5.41 Å². The van der Waals surface area contributed by atoms with E-state index in [2.05, 4.69) is 25.5 Å². The van der Waals surface area contributed by atoms with Gasteiger partial charge in [-0.2, -0.15) is 0 Å². The van der Waals surface area contributed by atoms with Crippen LogP contribution >= 0.6 is 0 Å². The normalized spacial score (nSPS) is 71.2. The summed E-state index contributed by atoms with van der Waals surface area (Å²) < 4.78 is 0. The second-order valence-corrected chi connectivity index (χ2v) is 15.7. The summed E-state index contributed by atoms with van der Waals surface area (Å²) in [6.07, 6.45) is 17.3. The van der Waals surface area contributed by atoms with E-state index >= 15 is 0 Å². The van der Waals surface area contributed by atoms with Crippen LogP contribution in [0.1, 0.15) is 71.6 Å². The van der Waals surface area contributed by atoms with Crippen LogP contribution in [0.15, 0.2) is 22.8 Å². The molecule has 0 aromatic carbocycles. The Morgan fingerprint density at radius 3 is 2.18 bits per heavy atom. The Labute approximate surface area is 200 Å². The van der Waals surface area contributed by atoms with E-state index in [0.717, 1.165) is 82.3 Å². The highest BCUT2D eigenvalue weighted by Gasteiger charge is 2.89. The second-order valence-electron chi connectivity index (χ2n) is 15.7. The lowest BCUT2D eigenvalue weighted by Crippen LogP contribution is -2.86. The van der Waals surface area contributed by atoms with Gasteiger partial charge in [0.15, 0.2) is 0 Å². The van der Waals surface area contributed by atoms with Crippen molar-refractivity contribution in [3.63, 3.8) is 0 Å². The Kier molecular flexibility index (Phi) is 2.77. The van der Waals surface area contributed by atoms with Gasteiger partial charge >= 0.3 is 0 Å². The SMILES string of the molecule is CCC1CC2CCC3CCC4CC(CC)C5C6CC7C8C9=CC%10=C9C8(C67)C6C(C%101)C2C3C4C56. The van der Waals surface area contributed by atoms with Crippen LogP contribution in [0.5, 0.6) is 0 Å². The molecule has 0 N–H and O–H groups in total. The Balaban J connectivity index is 1.20. The molecule has 0 radical (unpaired) electrons. The maximum Gasteiger partial charge on any atom is 0.00980 e. The molecular weight excluding hydrogens is 396 g/mol. The summed E-state index contributed by atoms with van der Waals surface area (Å²) in [5.41, 5.74) is 6.82. The first-order chi connectivity index (χ1) is 16.3. The van der Waals surface area contributed by atoms with Crippen LogP contribution in [0.2, 0.25) is 0 Å². The van der Waals surface area contributed by atoms with Gasteiger partial charge in [0.05, 0.1) is 0 Å². The first-order valence-corrected chi connectivity index (χ1v) is 15.8. The Hall–Kier alpha value is -0.520. The molecule has 174 valence electrons. The lowest BCUT2D eigenvalue weighted by molar-refractivity contribution is -0.373. The van der Waals surface area contributed by atoms with Crippen LogP contribution < -0.4 is 0 Å². The van der Waals surface area contributed by atoms with Gasteiger partial charge in [-0.3, -0.25) is 0 Å². The first-order valence-electron chi connectivity index (χ1n) is 15.8. The molecule has 0 amide bonds. The molecule has 11 rings (SSSR count). The highest BCUT2D eigenvalue weighted by atomic mass is 14.9. The van der Waals surface area contributed by atoms with Crippen molar-refractivity contribution in [3.8, 4) is 0 Å². The summed E-state index contributed by atoms with van der Waals surface area (Å²) in [5, 5.41) is 0. The predicted octanol–water partition coefficient (Wildman–Crippen LogP) is 7.37. The molecule has 0 heterocycles. The fourth-order valence-electron chi connectivity index (χ4n) is 16.3. The molecule has 18 unspecified atom stereocenters. The molecule has 0 nitrogen and oxygen atoms in total. The van der Waals surface area contributed by atoms with E-state index in [9.17, 15) is 0 Å². The summed E-state index contributed by atoms with van der Waals surface area (Å²) in [6, 6.07) is 0. The van der Waals surface area contributed by atoms with Gasteiger partial charge in [-0.25, -0.2) is 0 Å². The molecule has 33 heavy (non-hydrogen) atoms. The minimum Gasteiger partial charge on any atom is -0.0651 e. The lowest BCUT2D eigenvalue weighted by atomic mass is 9.12. The summed E-state index contributed by atoms with van der Waals surface area (Å²) >= 11 is 0. The third-order valence-corrected chi connectivity index (χ3v) is 16.3. The third kappa shape index (κ3) is 1.45. The van der Waals surface area contributed by atoms with Crippen LogP contribution in [0, 0.1) is 106 Å². The van der Waals surface area contributed by atoms with Gasteiger partial charge in [-0.05, 0) is 162 Å². The van der Waals surface area contributed by atoms with E-state index in [1.54, 1.807) is 44.9 Å². The van der Waals surface area contributed by atoms with Crippen LogP contribution in [-0.2, 0) is 0 Å². The molecule has 18 atom stereocenters. The predicted molar refractivity (Wildman–Crippen MR) is 130 cm³/mol. The van der Waals surface area contributed by atoms with Crippen LogP contribution in [0.3, 0.4) is 0 Å². The summed E-state index contributed by atoms with van der Waals surface area (Å²) in [7, 11) is 0. The monoisotopic (exact) mass is 438 g/mol. The molecule has 0 aliphatic heterocycles. The number of fused-ring (bicyclic) bond motifs is 4. The fraction of sp³-hybridized carbons (Fsp3) is 0.879. The quantitative estimate of drug-likeness (QED) is 0.422. The number of allylic oxidation sites excluding steroid dienone is 4. The van der Waals surface area contributed by atoms with Gasteiger partial charge in [0.2, 0.25) is 0 Å². The van der Waals surface area contributed by atoms with Crippen LogP contribution in [-0.4, -0.2) is 0 Å². The van der Waals surface area contributed by atoms with Gasteiger partial charge in [0.25, 0.3) is 0 Å². The molecule has 0 heteroatoms. The topological polar surface area (TPSA) is 0 Å². The molecule has 9 fully saturated rings. The smallest absolute Gasteiger partial charge is 0.00980 e. The molecule has 11 aliphatic rings. The zero-order valence-electron chi connectivity index (χ0n) is 20.8. The third-order valence-electron chi connectivity index (χ3n) is 16.3. The van der Waals surface area contributed by atoms with Crippen molar-refractivity contribution in [1.29, 1.82) is 0 Å². The number of hydrogen-bond donors (Lipinski definition) is 0. The lowest BCUT2D eigenvalue weighted by Gasteiger charge is -2.91. The van der Waals surface area contributed by atoms with Crippen molar-refractivity contribution in [2.75, 3.05) is 0 Å². The minimum absolute atomic E-state index is 0.769. The molecule has 0 bridgehead atoms. The van der Waals surface area contributed by atoms with Crippen molar-refractivity contribution in [3.05, 3.63) is 22.8 Å². The average molecular weight is 439 g/mol. The van der Waals surface area contributed by atoms with Gasteiger partial charge < -0.3 is 0 Å². The van der Waals surface area contributed by atoms with E-state index in [-0.39, 0.29) is 0 Å². The molecule has 11 aliphatic carbocycles. The Bertz CT molecular complexity index is 1070. The van der Waals surface area contributed by atoms with Crippen molar-refractivity contribution in [1.82, 2.24) is 0 Å². The zero-order chi connectivity index (χ0) is 21.1. The summed E-state index contributed by atoms with van der Waals surface area (Å²) in [5.74, 6) is 19.2. The van der Waals surface area contributed by atoms with E-state index in [1.165, 1.54) is 36.5 Å². The molecule has 0 aromatic rings. The summed E-state index contributed by atoms with van der Waals surface area (Å²) in [6.45, 7) is 5.16. The van der Waals surface area contributed by atoms with Crippen molar-refractivity contribution in [2.24, 2.45) is 106 Å². The van der Waals surface area contributed by atoms with Crippen molar-refractivity contribution >= 4 is 0 Å². The standard InChI is InChI=1S/C33H42/c1-3-13-9-16-7-5-15-6-8-17-10-14(4-2)23-19-12-21-30(19)33-29-18(11-20(29)31(21)33)22(13)27-25(16)24(15)26(17)28(23)32(27)33/h11,13-17,19,21-28,30-32H,3-10,12H2,1-2H3. The Morgan fingerprint density at radius 1 is 0.697 bits per heavy atom. The van der Waals surface area contributed by atoms with Crippen molar-refractivity contribution < 1.29 is 0 Å². The maximum atomic E-state index is 2.84. The number of rotatable bonds is 2. The van der Waals surface area contributed by atoms with Crippen LogP contribution in [0.25, 0.3) is 0 Å². The largest absolute Gasteiger partial charge is 0.0651 e. The highest BCUT2D eigenvalue weighted by Crippen LogP contribution is 2.94. The van der Waals surface area contributed by atoms with Crippen LogP contribution in [0.4, 0.5) is 0 Å². The molecular formula is C33H42. The second kappa shape index (κ2) is 5.13. The van der Waals surface area contributed by atoms with E-state index < -0.39 is 0 Å². The minimum atomic E-state index is 0.769. The molecule has 9 saturated carbocycles. The summed E-state index contributed by atoms with van der Waals surface area (Å²) in [4.78, 5) is 0. The van der Waals surface area contributed by atoms with E-state index in [4.69, 9.17) is 0 Å². The molecule has 0 aromatic heterocycles. The van der Waals surface area contributed by atoms with Gasteiger partial charge in [-0.1, -0.05) is 32.8 Å². The first kappa shape index (κ1) is 17.8. The fourth-order valence-corrected chi connectivity index (χ4v) is 16.3. The van der Waals surface area contributed by atoms with Crippen molar-refractivity contribution in [2.45, 2.75) is 71.6 Å². The molecule has 0 saturated heterocycles.